The van der Waals surface area contributed by atoms with Crippen LogP contribution in [0.25, 0.3) is 0 Å². The van der Waals surface area contributed by atoms with Crippen molar-refractivity contribution < 1.29 is 14.7 Å². The Hall–Kier alpha value is -1.39. The van der Waals surface area contributed by atoms with Gasteiger partial charge in [0.15, 0.2) is 0 Å². The molecule has 3 rings (SSSR count). The van der Waals surface area contributed by atoms with Gasteiger partial charge in [-0.1, -0.05) is 35.5 Å². The Morgan fingerprint density at radius 2 is 2.18 bits per heavy atom. The normalized spacial score (nSPS) is 30.9. The molecule has 3 atom stereocenters. The Bertz CT molecular complexity index is 418. The first-order chi connectivity index (χ1) is 8.34. The maximum absolute atomic E-state index is 9.83. The summed E-state index contributed by atoms with van der Waals surface area (Å²) in [6.45, 7) is 1.03. The molecule has 0 aromatic heterocycles. The number of fused-ring (bicyclic) bond motifs is 1. The number of rotatable bonds is 3. The Balaban J connectivity index is 1.63. The molecule has 0 amide bonds. The Morgan fingerprint density at radius 3 is 3.00 bits per heavy atom. The zero-order chi connectivity index (χ0) is 11.7. The summed E-state index contributed by atoms with van der Waals surface area (Å²) in [6.07, 6.45) is 0.148. The van der Waals surface area contributed by atoms with Crippen LogP contribution in [0.2, 0.25) is 0 Å². The minimum absolute atomic E-state index is 0.0378. The van der Waals surface area contributed by atoms with Crippen molar-refractivity contribution in [1.29, 1.82) is 0 Å². The van der Waals surface area contributed by atoms with Crippen molar-refractivity contribution in [2.24, 2.45) is 11.1 Å². The minimum atomic E-state index is -0.378. The molecule has 1 aromatic carbocycles. The van der Waals surface area contributed by atoms with Gasteiger partial charge in [0.25, 0.3) is 0 Å². The molecule has 0 saturated heterocycles. The van der Waals surface area contributed by atoms with Gasteiger partial charge in [-0.25, -0.2) is 0 Å². The summed E-state index contributed by atoms with van der Waals surface area (Å²) < 4.78 is 5.80. The summed E-state index contributed by atoms with van der Waals surface area (Å²) in [7, 11) is 0. The SMILES string of the molecule is O[C@H]1C[C@@H](OCc2ccccc2)C2=NOC[C@@H]21. The van der Waals surface area contributed by atoms with E-state index in [0.29, 0.717) is 19.6 Å². The van der Waals surface area contributed by atoms with Crippen molar-refractivity contribution in [3.63, 3.8) is 0 Å². The molecular formula is C13H15NO3. The lowest BCUT2D eigenvalue weighted by atomic mass is 10.1. The summed E-state index contributed by atoms with van der Waals surface area (Å²) in [5, 5.41) is 13.8. The van der Waals surface area contributed by atoms with Gasteiger partial charge in [-0.2, -0.15) is 0 Å². The van der Waals surface area contributed by atoms with E-state index in [-0.39, 0.29) is 18.1 Å². The number of ether oxygens (including phenoxy) is 1. The predicted molar refractivity (Wildman–Crippen MR) is 62.5 cm³/mol. The second kappa shape index (κ2) is 4.47. The van der Waals surface area contributed by atoms with Gasteiger partial charge >= 0.3 is 0 Å². The van der Waals surface area contributed by atoms with Crippen LogP contribution in [0.15, 0.2) is 35.5 Å². The third-order valence-electron chi connectivity index (χ3n) is 3.35. The largest absolute Gasteiger partial charge is 0.395 e. The first kappa shape index (κ1) is 10.7. The molecule has 4 heteroatoms. The van der Waals surface area contributed by atoms with Gasteiger partial charge < -0.3 is 14.7 Å². The molecule has 1 aromatic rings. The molecule has 1 saturated carbocycles. The molecular weight excluding hydrogens is 218 g/mol. The Morgan fingerprint density at radius 1 is 1.35 bits per heavy atom. The lowest BCUT2D eigenvalue weighted by molar-refractivity contribution is 0.0389. The van der Waals surface area contributed by atoms with E-state index in [2.05, 4.69) is 5.16 Å². The fourth-order valence-corrected chi connectivity index (χ4v) is 2.38. The smallest absolute Gasteiger partial charge is 0.127 e. The number of oxime groups is 1. The number of benzene rings is 1. The van der Waals surface area contributed by atoms with E-state index in [0.717, 1.165) is 11.3 Å². The van der Waals surface area contributed by atoms with Gasteiger partial charge in [0, 0.05) is 6.42 Å². The number of aliphatic hydroxyl groups excluding tert-OH is 1. The highest BCUT2D eigenvalue weighted by molar-refractivity contribution is 5.94. The van der Waals surface area contributed by atoms with Crippen molar-refractivity contribution in [3.05, 3.63) is 35.9 Å². The number of hydrogen-bond donors (Lipinski definition) is 1. The van der Waals surface area contributed by atoms with Crippen LogP contribution in [-0.2, 0) is 16.2 Å². The third kappa shape index (κ3) is 2.06. The summed E-state index contributed by atoms with van der Waals surface area (Å²) in [5.41, 5.74) is 2.00. The highest BCUT2D eigenvalue weighted by Gasteiger charge is 2.43. The van der Waals surface area contributed by atoms with Crippen molar-refractivity contribution in [2.75, 3.05) is 6.61 Å². The molecule has 0 unspecified atom stereocenters. The second-order valence-corrected chi connectivity index (χ2v) is 4.51. The van der Waals surface area contributed by atoms with Crippen LogP contribution in [0, 0.1) is 5.92 Å². The van der Waals surface area contributed by atoms with Crippen LogP contribution in [-0.4, -0.2) is 29.6 Å². The second-order valence-electron chi connectivity index (χ2n) is 4.51. The van der Waals surface area contributed by atoms with Gasteiger partial charge in [-0.3, -0.25) is 0 Å². The lowest BCUT2D eigenvalue weighted by Crippen LogP contribution is -2.22. The van der Waals surface area contributed by atoms with Gasteiger partial charge in [0.2, 0.25) is 0 Å². The Labute approximate surface area is 99.8 Å². The molecule has 90 valence electrons. The van der Waals surface area contributed by atoms with Crippen LogP contribution in [0.3, 0.4) is 0 Å². The van der Waals surface area contributed by atoms with Crippen molar-refractivity contribution in [1.82, 2.24) is 0 Å². The monoisotopic (exact) mass is 233 g/mol. The van der Waals surface area contributed by atoms with Crippen LogP contribution in [0.4, 0.5) is 0 Å². The average Bonchev–Trinajstić information content (AvgIpc) is 2.93. The van der Waals surface area contributed by atoms with Gasteiger partial charge in [0.05, 0.1) is 24.3 Å². The maximum atomic E-state index is 9.83. The molecule has 4 nitrogen and oxygen atoms in total. The van der Waals surface area contributed by atoms with Crippen LogP contribution in [0.1, 0.15) is 12.0 Å². The molecule has 1 heterocycles. The summed E-state index contributed by atoms with van der Waals surface area (Å²) >= 11 is 0. The standard InChI is InChI=1S/C13H15NO3/c15-11-6-12(13-10(11)8-17-14-13)16-7-9-4-2-1-3-5-9/h1-5,10-12,15H,6-8H2/t10-,11+,12-/m1/s1. The summed E-state index contributed by atoms with van der Waals surface area (Å²) in [4.78, 5) is 5.01. The number of hydrogen-bond acceptors (Lipinski definition) is 4. The van der Waals surface area contributed by atoms with Crippen LogP contribution >= 0.6 is 0 Å². The summed E-state index contributed by atoms with van der Waals surface area (Å²) in [5.74, 6) is 0.0378. The quantitative estimate of drug-likeness (QED) is 0.857. The topological polar surface area (TPSA) is 51.0 Å². The molecule has 1 fully saturated rings. The van der Waals surface area contributed by atoms with Gasteiger partial charge in [0.1, 0.15) is 12.7 Å². The van der Waals surface area contributed by atoms with E-state index in [1.54, 1.807) is 0 Å². The number of aliphatic hydroxyl groups is 1. The van der Waals surface area contributed by atoms with Crippen LogP contribution < -0.4 is 0 Å². The van der Waals surface area contributed by atoms with E-state index in [9.17, 15) is 5.11 Å². The lowest BCUT2D eigenvalue weighted by Gasteiger charge is -2.11. The molecule has 0 radical (unpaired) electrons. The molecule has 0 spiro atoms. The summed E-state index contributed by atoms with van der Waals surface area (Å²) in [6, 6.07) is 10.0. The average molecular weight is 233 g/mol. The first-order valence-electron chi connectivity index (χ1n) is 5.88. The van der Waals surface area contributed by atoms with E-state index in [4.69, 9.17) is 9.57 Å². The Kier molecular flexibility index (Phi) is 2.82. The van der Waals surface area contributed by atoms with E-state index >= 15 is 0 Å². The fraction of sp³-hybridized carbons (Fsp3) is 0.462. The molecule has 0 bridgehead atoms. The number of nitrogens with zero attached hydrogens (tertiary/aromatic N) is 1. The fourth-order valence-electron chi connectivity index (χ4n) is 2.38. The van der Waals surface area contributed by atoms with E-state index in [1.807, 2.05) is 30.3 Å². The highest BCUT2D eigenvalue weighted by Crippen LogP contribution is 2.30. The van der Waals surface area contributed by atoms with E-state index < -0.39 is 0 Å². The molecule has 17 heavy (non-hydrogen) atoms. The highest BCUT2D eigenvalue weighted by atomic mass is 16.6. The van der Waals surface area contributed by atoms with Crippen molar-refractivity contribution in [2.45, 2.75) is 25.2 Å². The van der Waals surface area contributed by atoms with E-state index in [1.165, 1.54) is 0 Å². The van der Waals surface area contributed by atoms with Crippen LogP contribution in [0.5, 0.6) is 0 Å². The molecule has 1 N–H and O–H groups in total. The zero-order valence-corrected chi connectivity index (χ0v) is 9.45. The molecule has 1 aliphatic heterocycles. The zero-order valence-electron chi connectivity index (χ0n) is 9.45. The molecule has 2 aliphatic rings. The predicted octanol–water partition coefficient (Wildman–Crippen LogP) is 1.34. The third-order valence-corrected chi connectivity index (χ3v) is 3.35. The van der Waals surface area contributed by atoms with Crippen molar-refractivity contribution >= 4 is 5.71 Å². The van der Waals surface area contributed by atoms with Gasteiger partial charge in [-0.15, -0.1) is 0 Å². The maximum Gasteiger partial charge on any atom is 0.127 e. The van der Waals surface area contributed by atoms with Crippen molar-refractivity contribution in [3.8, 4) is 0 Å². The van der Waals surface area contributed by atoms with Gasteiger partial charge in [-0.05, 0) is 5.56 Å². The minimum Gasteiger partial charge on any atom is -0.395 e. The molecule has 1 aliphatic carbocycles. The first-order valence-corrected chi connectivity index (χ1v) is 5.88.